The fraction of sp³-hybridized carbons (Fsp3) is 0.350. The van der Waals surface area contributed by atoms with E-state index in [1.54, 1.807) is 0 Å². The summed E-state index contributed by atoms with van der Waals surface area (Å²) in [6.07, 6.45) is 2.83. The number of amides is 2. The number of nitrogens with zero attached hydrogens (tertiary/aromatic N) is 2. The average Bonchev–Trinajstić information content (AvgIpc) is 1.56. The van der Waals surface area contributed by atoms with Crippen LogP contribution in [-0.2, 0) is 28.3 Å². The topological polar surface area (TPSA) is 157 Å². The minimum absolute atomic E-state index is 0.361. The van der Waals surface area contributed by atoms with Gasteiger partial charge in [0.15, 0.2) is 0 Å². The quantitative estimate of drug-likeness (QED) is 0.0853. The van der Waals surface area contributed by atoms with Gasteiger partial charge in [-0.25, -0.2) is 19.2 Å². The van der Waals surface area contributed by atoms with Gasteiger partial charge >= 0.3 is 31.2 Å². The van der Waals surface area contributed by atoms with Gasteiger partial charge in [-0.1, -0.05) is 54.6 Å². The molecule has 0 radical (unpaired) electrons. The van der Waals surface area contributed by atoms with E-state index in [2.05, 4.69) is 149 Å². The highest BCUT2D eigenvalue weighted by molar-refractivity contribution is 9.10. The lowest BCUT2D eigenvalue weighted by molar-refractivity contribution is 0.00578. The summed E-state index contributed by atoms with van der Waals surface area (Å²) in [6, 6.07) is 33.6. The molecule has 0 aliphatic carbocycles. The Bertz CT molecular complexity index is 4770. The molecule has 14 nitrogen and oxygen atoms in total. The van der Waals surface area contributed by atoms with Gasteiger partial charge in [-0.2, -0.15) is 0 Å². The maximum Gasteiger partial charge on any atom is 0.496 e. The van der Waals surface area contributed by atoms with Crippen LogP contribution in [0.5, 0.6) is 0 Å². The molecular weight excluding hydrogens is 1270 g/mol. The molecule has 5 heterocycles. The first-order chi connectivity index (χ1) is 44.7. The van der Waals surface area contributed by atoms with Gasteiger partial charge in [0.05, 0.1) is 46.6 Å². The Balaban J connectivity index is 0.000000178. The molecule has 0 bridgehead atoms. The third-order valence-electron chi connectivity index (χ3n) is 18.7. The minimum Gasteiger partial charge on any atom is -0.464 e. The van der Waals surface area contributed by atoms with Gasteiger partial charge < -0.3 is 37.1 Å². The van der Waals surface area contributed by atoms with Crippen molar-refractivity contribution in [1.29, 1.82) is 0 Å². The molecule has 502 valence electrons. The summed E-state index contributed by atoms with van der Waals surface area (Å²) in [5.41, 5.74) is 21.9. The third kappa shape index (κ3) is 14.5. The van der Waals surface area contributed by atoms with Crippen molar-refractivity contribution in [2.75, 3.05) is 24.9 Å². The molecule has 16 heteroatoms. The maximum absolute atomic E-state index is 13.8. The molecule has 0 saturated carbocycles. The van der Waals surface area contributed by atoms with Crippen molar-refractivity contribution in [1.82, 2.24) is 8.80 Å². The van der Waals surface area contributed by atoms with Crippen LogP contribution in [0.2, 0.25) is 0 Å². The number of pyridine rings is 2. The number of methoxy groups -OCH3 is 2. The van der Waals surface area contributed by atoms with E-state index in [4.69, 9.17) is 28.3 Å². The summed E-state index contributed by atoms with van der Waals surface area (Å²) in [7, 11) is 2.27. The van der Waals surface area contributed by atoms with E-state index in [9.17, 15) is 19.2 Å². The second-order valence-corrected chi connectivity index (χ2v) is 29.5. The second-order valence-electron chi connectivity index (χ2n) is 28.7. The number of carbonyl (C=O) groups excluding carboxylic acids is 4. The molecule has 0 spiro atoms. The molecule has 2 amide bonds. The first kappa shape index (κ1) is 71.6. The summed E-state index contributed by atoms with van der Waals surface area (Å²) in [6.45, 7) is 43.9. The van der Waals surface area contributed by atoms with E-state index in [1.165, 1.54) is 47.6 Å². The molecule has 11 rings (SSSR count). The highest BCUT2D eigenvalue weighted by Crippen LogP contribution is 2.48. The van der Waals surface area contributed by atoms with Crippen molar-refractivity contribution in [2.45, 2.75) is 175 Å². The van der Waals surface area contributed by atoms with Crippen LogP contribution in [0, 0.1) is 83.1 Å². The standard InChI is InChI=1S/C37H40N2O4.C24H22BrNO2.C19H30BNO4/c1-20-11-12-27(16-21(20)2)31-32(29-18-24(5)25(6)19-30(29)38-36(41)43-37(7,8)9)34(35(40)42-10)39-14-13-26-15-22(3)23(4)17-28(26)33(31)39;1-13-6-7-18(11-14(13)2)20-21(25)23(24(27)28-5)26-9-8-17-10-15(3)16(4)12-19(17)22(20)26;1-12-10-14(20-24-18(6,7)19(8,9)25-20)15(11-13(12)2)21-16(22)23-17(3,4)5/h11-19H,1-10H3,(H,38,41);6-12H,1-5H3;10-11H,1-9H3,(H,21,22). The van der Waals surface area contributed by atoms with Gasteiger partial charge in [0.1, 0.15) is 22.6 Å². The lowest BCUT2D eigenvalue weighted by Crippen LogP contribution is -2.41. The summed E-state index contributed by atoms with van der Waals surface area (Å²) in [5.74, 6) is -0.829. The number of anilines is 2. The smallest absolute Gasteiger partial charge is 0.464 e. The molecule has 4 aromatic heterocycles. The number of halogens is 1. The summed E-state index contributed by atoms with van der Waals surface area (Å²) in [5, 5.41) is 10.2. The highest BCUT2D eigenvalue weighted by atomic mass is 79.9. The van der Waals surface area contributed by atoms with E-state index in [1.807, 2.05) is 148 Å². The van der Waals surface area contributed by atoms with Crippen molar-refractivity contribution in [3.05, 3.63) is 192 Å². The fourth-order valence-electron chi connectivity index (χ4n) is 11.9. The highest BCUT2D eigenvalue weighted by Gasteiger charge is 2.52. The van der Waals surface area contributed by atoms with Gasteiger partial charge in [0.25, 0.3) is 0 Å². The number of hydrogen-bond acceptors (Lipinski definition) is 10. The Hall–Kier alpha value is -8.70. The van der Waals surface area contributed by atoms with Crippen molar-refractivity contribution in [3.63, 3.8) is 0 Å². The van der Waals surface area contributed by atoms with Crippen molar-refractivity contribution in [3.8, 4) is 33.4 Å². The van der Waals surface area contributed by atoms with E-state index in [-0.39, 0.29) is 5.97 Å². The van der Waals surface area contributed by atoms with Gasteiger partial charge in [-0.15, -0.1) is 0 Å². The van der Waals surface area contributed by atoms with Crippen LogP contribution < -0.4 is 16.1 Å². The lowest BCUT2D eigenvalue weighted by Gasteiger charge is -2.32. The zero-order chi connectivity index (χ0) is 70.7. The Morgan fingerprint density at radius 1 is 0.448 bits per heavy atom. The number of rotatable bonds is 8. The predicted molar refractivity (Wildman–Crippen MR) is 395 cm³/mol. The third-order valence-corrected chi connectivity index (χ3v) is 19.5. The van der Waals surface area contributed by atoms with Crippen molar-refractivity contribution < 1.29 is 47.4 Å². The number of fused-ring (bicyclic) bond motifs is 6. The number of carbonyl (C=O) groups is 4. The van der Waals surface area contributed by atoms with E-state index < -0.39 is 47.7 Å². The molecular formula is C80H92BBrN4O10. The summed E-state index contributed by atoms with van der Waals surface area (Å²) < 4.78 is 38.5. The number of ether oxygens (including phenoxy) is 4. The van der Waals surface area contributed by atoms with Crippen LogP contribution >= 0.6 is 15.9 Å². The minimum atomic E-state index is -0.675. The molecule has 10 aromatic rings. The molecule has 96 heavy (non-hydrogen) atoms. The van der Waals surface area contributed by atoms with Crippen molar-refractivity contribution in [2.24, 2.45) is 0 Å². The largest absolute Gasteiger partial charge is 0.496 e. The average molecular weight is 1360 g/mol. The molecule has 1 aliphatic rings. The van der Waals surface area contributed by atoms with Gasteiger partial charge in [0, 0.05) is 56.6 Å². The number of aryl methyl sites for hydroxylation is 12. The fourth-order valence-corrected chi connectivity index (χ4v) is 12.7. The van der Waals surface area contributed by atoms with Gasteiger partial charge in [-0.05, 0) is 299 Å². The second kappa shape index (κ2) is 27.1. The van der Waals surface area contributed by atoms with Crippen LogP contribution in [0.1, 0.15) is 157 Å². The number of nitrogens with one attached hydrogen (secondary N) is 2. The maximum atomic E-state index is 13.8. The Morgan fingerprint density at radius 2 is 0.823 bits per heavy atom. The zero-order valence-corrected chi connectivity index (χ0v) is 61.9. The molecule has 1 aliphatic heterocycles. The van der Waals surface area contributed by atoms with Gasteiger partial charge in [-0.3, -0.25) is 10.6 Å². The summed E-state index contributed by atoms with van der Waals surface area (Å²) >= 11 is 3.71. The van der Waals surface area contributed by atoms with Crippen LogP contribution in [0.3, 0.4) is 0 Å². The Morgan fingerprint density at radius 3 is 1.28 bits per heavy atom. The SMILES string of the molecule is COC(=O)c1c(-c2cc(C)c(C)cc2NC(=O)OC(C)(C)C)c(-c2ccc(C)c(C)c2)c2c3cc(C)c(C)cc3ccn12.COC(=O)c1c(Br)c(-c2ccc(C)c(C)c2)c2c3cc(C)c(C)cc3ccn12.Cc1cc(NC(=O)OC(C)(C)C)c(B2OC(C)(C)C(C)(C)O2)cc1C. The number of benzene rings is 6. The first-order valence-electron chi connectivity index (χ1n) is 32.5. The number of esters is 2. The van der Waals surface area contributed by atoms with Crippen LogP contribution in [0.4, 0.5) is 21.0 Å². The van der Waals surface area contributed by atoms with E-state index in [0.29, 0.717) is 33.9 Å². The van der Waals surface area contributed by atoms with Crippen LogP contribution in [-0.4, -0.2) is 76.7 Å². The molecule has 1 fully saturated rings. The summed E-state index contributed by atoms with van der Waals surface area (Å²) in [4.78, 5) is 51.7. The van der Waals surface area contributed by atoms with Crippen LogP contribution in [0.25, 0.3) is 66.0 Å². The first-order valence-corrected chi connectivity index (χ1v) is 33.3. The van der Waals surface area contributed by atoms with Crippen LogP contribution in [0.15, 0.2) is 114 Å². The normalized spacial score (nSPS) is 13.5. The number of aromatic nitrogens is 2. The predicted octanol–water partition coefficient (Wildman–Crippen LogP) is 19.9. The number of hydrogen-bond donors (Lipinski definition) is 2. The van der Waals surface area contributed by atoms with Gasteiger partial charge in [0.2, 0.25) is 0 Å². The molecule has 6 aromatic carbocycles. The monoisotopic (exact) mass is 1360 g/mol. The Kier molecular flexibility index (Phi) is 20.2. The molecule has 2 N–H and O–H groups in total. The Labute approximate surface area is 574 Å². The van der Waals surface area contributed by atoms with E-state index >= 15 is 0 Å². The molecule has 1 saturated heterocycles. The molecule has 0 atom stereocenters. The van der Waals surface area contributed by atoms with Crippen molar-refractivity contribution >= 4 is 96.6 Å². The van der Waals surface area contributed by atoms with E-state index in [0.717, 1.165) is 98.1 Å². The lowest BCUT2D eigenvalue weighted by atomic mass is 9.76. The molecule has 0 unspecified atom stereocenters. The zero-order valence-electron chi connectivity index (χ0n) is 60.3.